The average molecular weight is 281 g/mol. The van der Waals surface area contributed by atoms with Crippen LogP contribution in [0.25, 0.3) is 0 Å². The number of unbranched alkanes of at least 4 members (excludes halogenated alkanes) is 1. The summed E-state index contributed by atoms with van der Waals surface area (Å²) in [5.41, 5.74) is 0.370. The molecule has 1 aromatic rings. The molecular weight excluding hydrogens is 250 g/mol. The van der Waals surface area contributed by atoms with E-state index in [-0.39, 0.29) is 11.0 Å². The van der Waals surface area contributed by atoms with Gasteiger partial charge in [-0.05, 0) is 44.2 Å². The summed E-state index contributed by atoms with van der Waals surface area (Å²) in [5, 5.41) is 16.2. The number of tetrazole rings is 1. The highest BCUT2D eigenvalue weighted by atomic mass is 15.6. The lowest BCUT2D eigenvalue weighted by Crippen LogP contribution is -2.45. The van der Waals surface area contributed by atoms with E-state index in [0.29, 0.717) is 0 Å². The third-order valence-electron chi connectivity index (χ3n) is 3.89. The van der Waals surface area contributed by atoms with Gasteiger partial charge in [-0.2, -0.15) is 4.80 Å². The third-order valence-corrected chi connectivity index (χ3v) is 3.89. The van der Waals surface area contributed by atoms with E-state index < -0.39 is 0 Å². The SMILES string of the molecule is CCCCC(CC)(CNC(C)(C)C)Cc1nnn(C)n1. The molecule has 20 heavy (non-hydrogen) atoms. The minimum Gasteiger partial charge on any atom is -0.312 e. The van der Waals surface area contributed by atoms with Gasteiger partial charge in [-0.3, -0.25) is 0 Å². The molecule has 0 radical (unpaired) electrons. The first-order valence-electron chi connectivity index (χ1n) is 7.78. The average Bonchev–Trinajstić information content (AvgIpc) is 2.77. The van der Waals surface area contributed by atoms with Crippen LogP contribution >= 0.6 is 0 Å². The smallest absolute Gasteiger partial charge is 0.175 e. The van der Waals surface area contributed by atoms with E-state index >= 15 is 0 Å². The second kappa shape index (κ2) is 7.16. The number of aromatic nitrogens is 4. The molecule has 116 valence electrons. The summed E-state index contributed by atoms with van der Waals surface area (Å²) < 4.78 is 0. The molecule has 1 unspecified atom stereocenters. The second-order valence-corrected chi connectivity index (χ2v) is 6.93. The Hall–Kier alpha value is -0.970. The number of nitrogens with one attached hydrogen (secondary N) is 1. The summed E-state index contributed by atoms with van der Waals surface area (Å²) in [6.07, 6.45) is 5.72. The van der Waals surface area contributed by atoms with Crippen molar-refractivity contribution in [3.05, 3.63) is 5.82 Å². The molecule has 5 heteroatoms. The highest BCUT2D eigenvalue weighted by Crippen LogP contribution is 2.32. The quantitative estimate of drug-likeness (QED) is 0.796. The van der Waals surface area contributed by atoms with Crippen molar-refractivity contribution in [2.75, 3.05) is 6.54 Å². The van der Waals surface area contributed by atoms with Gasteiger partial charge in [0.2, 0.25) is 0 Å². The van der Waals surface area contributed by atoms with Gasteiger partial charge in [-0.15, -0.1) is 10.2 Å². The van der Waals surface area contributed by atoms with Crippen molar-refractivity contribution in [3.63, 3.8) is 0 Å². The molecule has 0 aromatic carbocycles. The zero-order valence-corrected chi connectivity index (χ0v) is 14.0. The van der Waals surface area contributed by atoms with E-state index in [0.717, 1.165) is 25.2 Å². The van der Waals surface area contributed by atoms with E-state index in [1.165, 1.54) is 19.3 Å². The molecule has 1 N–H and O–H groups in total. The fourth-order valence-corrected chi connectivity index (χ4v) is 2.40. The number of rotatable bonds is 8. The van der Waals surface area contributed by atoms with E-state index in [1.807, 2.05) is 7.05 Å². The van der Waals surface area contributed by atoms with E-state index in [9.17, 15) is 0 Å². The summed E-state index contributed by atoms with van der Waals surface area (Å²) in [4.78, 5) is 1.55. The van der Waals surface area contributed by atoms with Crippen molar-refractivity contribution in [1.29, 1.82) is 0 Å². The number of aryl methyl sites for hydroxylation is 1. The molecule has 1 rings (SSSR count). The molecule has 1 aromatic heterocycles. The molecule has 0 spiro atoms. The molecule has 0 saturated carbocycles. The van der Waals surface area contributed by atoms with Crippen molar-refractivity contribution in [3.8, 4) is 0 Å². The van der Waals surface area contributed by atoms with E-state index in [1.54, 1.807) is 4.80 Å². The molecule has 0 aliphatic heterocycles. The molecule has 0 aliphatic rings. The summed E-state index contributed by atoms with van der Waals surface area (Å²) in [6.45, 7) is 12.2. The third kappa shape index (κ3) is 5.57. The van der Waals surface area contributed by atoms with Crippen molar-refractivity contribution in [2.45, 2.75) is 72.3 Å². The van der Waals surface area contributed by atoms with Crippen molar-refractivity contribution < 1.29 is 0 Å². The first-order valence-corrected chi connectivity index (χ1v) is 7.78. The predicted molar refractivity (Wildman–Crippen MR) is 82.5 cm³/mol. The Balaban J connectivity index is 2.80. The van der Waals surface area contributed by atoms with Crippen LogP contribution in [0.1, 0.15) is 66.1 Å². The van der Waals surface area contributed by atoms with Gasteiger partial charge in [0.25, 0.3) is 0 Å². The van der Waals surface area contributed by atoms with Gasteiger partial charge in [0.05, 0.1) is 7.05 Å². The van der Waals surface area contributed by atoms with Gasteiger partial charge in [0, 0.05) is 18.5 Å². The standard InChI is InChI=1S/C15H31N5/c1-7-9-10-15(8-2,12-16-14(3,4)5)11-13-17-19-20(6)18-13/h16H,7-12H2,1-6H3. The van der Waals surface area contributed by atoms with Crippen LogP contribution in [-0.2, 0) is 13.5 Å². The Bertz CT molecular complexity index is 393. The van der Waals surface area contributed by atoms with Gasteiger partial charge in [0.15, 0.2) is 5.82 Å². The molecule has 0 bridgehead atoms. The van der Waals surface area contributed by atoms with Crippen LogP contribution in [0.3, 0.4) is 0 Å². The normalized spacial score (nSPS) is 15.3. The van der Waals surface area contributed by atoms with Crippen LogP contribution in [0.2, 0.25) is 0 Å². The number of hydrogen-bond donors (Lipinski definition) is 1. The molecular formula is C15H31N5. The molecule has 0 fully saturated rings. The lowest BCUT2D eigenvalue weighted by molar-refractivity contribution is 0.202. The maximum atomic E-state index is 4.36. The van der Waals surface area contributed by atoms with Crippen LogP contribution in [0, 0.1) is 5.41 Å². The lowest BCUT2D eigenvalue weighted by Gasteiger charge is -2.35. The van der Waals surface area contributed by atoms with Crippen molar-refractivity contribution >= 4 is 0 Å². The summed E-state index contributed by atoms with van der Waals surface area (Å²) >= 11 is 0. The summed E-state index contributed by atoms with van der Waals surface area (Å²) in [6, 6.07) is 0. The monoisotopic (exact) mass is 281 g/mol. The Morgan fingerprint density at radius 1 is 1.20 bits per heavy atom. The van der Waals surface area contributed by atoms with Crippen LogP contribution in [0.5, 0.6) is 0 Å². The fraction of sp³-hybridized carbons (Fsp3) is 0.933. The number of hydrogen-bond acceptors (Lipinski definition) is 4. The van der Waals surface area contributed by atoms with Crippen LogP contribution < -0.4 is 5.32 Å². The summed E-state index contributed by atoms with van der Waals surface area (Å²) in [5.74, 6) is 0.862. The minimum atomic E-state index is 0.141. The first-order chi connectivity index (χ1) is 9.30. The Kier molecular flexibility index (Phi) is 6.11. The van der Waals surface area contributed by atoms with Crippen LogP contribution in [0.4, 0.5) is 0 Å². The van der Waals surface area contributed by atoms with E-state index in [2.05, 4.69) is 55.3 Å². The molecule has 5 nitrogen and oxygen atoms in total. The fourth-order valence-electron chi connectivity index (χ4n) is 2.40. The molecule has 0 aliphatic carbocycles. The Morgan fingerprint density at radius 2 is 1.90 bits per heavy atom. The van der Waals surface area contributed by atoms with Crippen LogP contribution in [0.15, 0.2) is 0 Å². The second-order valence-electron chi connectivity index (χ2n) is 6.93. The largest absolute Gasteiger partial charge is 0.312 e. The predicted octanol–water partition coefficient (Wildman–Crippen LogP) is 2.73. The zero-order valence-electron chi connectivity index (χ0n) is 14.0. The van der Waals surface area contributed by atoms with Gasteiger partial charge in [-0.1, -0.05) is 26.7 Å². The molecule has 1 heterocycles. The molecule has 0 saturated heterocycles. The van der Waals surface area contributed by atoms with Crippen molar-refractivity contribution in [2.24, 2.45) is 12.5 Å². The van der Waals surface area contributed by atoms with E-state index in [4.69, 9.17) is 0 Å². The zero-order chi connectivity index (χ0) is 15.2. The van der Waals surface area contributed by atoms with Gasteiger partial charge < -0.3 is 5.32 Å². The van der Waals surface area contributed by atoms with Gasteiger partial charge in [-0.25, -0.2) is 0 Å². The maximum Gasteiger partial charge on any atom is 0.175 e. The Morgan fingerprint density at radius 3 is 2.35 bits per heavy atom. The maximum absolute atomic E-state index is 4.36. The topological polar surface area (TPSA) is 55.6 Å². The Labute approximate surface area is 123 Å². The summed E-state index contributed by atoms with van der Waals surface area (Å²) in [7, 11) is 1.82. The van der Waals surface area contributed by atoms with Gasteiger partial charge >= 0.3 is 0 Å². The number of nitrogens with zero attached hydrogens (tertiary/aromatic N) is 4. The first kappa shape index (κ1) is 17.1. The molecule has 0 amide bonds. The highest BCUT2D eigenvalue weighted by molar-refractivity contribution is 4.93. The lowest BCUT2D eigenvalue weighted by atomic mass is 9.76. The van der Waals surface area contributed by atoms with Crippen molar-refractivity contribution in [1.82, 2.24) is 25.5 Å². The van der Waals surface area contributed by atoms with Crippen LogP contribution in [-0.4, -0.2) is 32.3 Å². The van der Waals surface area contributed by atoms with Gasteiger partial charge in [0.1, 0.15) is 0 Å². The molecule has 1 atom stereocenters. The highest BCUT2D eigenvalue weighted by Gasteiger charge is 2.31. The minimum absolute atomic E-state index is 0.141.